The second-order valence-electron chi connectivity index (χ2n) is 9.08. The number of carbonyl (C=O) groups excluding carboxylic acids is 1. The van der Waals surface area contributed by atoms with Crippen molar-refractivity contribution in [2.45, 2.75) is 10.9 Å². The van der Waals surface area contributed by atoms with Crippen LogP contribution in [0.1, 0.15) is 10.4 Å². The second kappa shape index (κ2) is 9.67. The average Bonchev–Trinajstić information content (AvgIpc) is 3.31. The number of rotatable bonds is 6. The number of halogens is 1. The first-order valence-corrected chi connectivity index (χ1v) is 13.2. The van der Waals surface area contributed by atoms with Crippen LogP contribution in [-0.4, -0.2) is 38.1 Å². The van der Waals surface area contributed by atoms with Crippen LogP contribution in [0.25, 0.3) is 22.0 Å². The molecule has 1 aliphatic rings. The van der Waals surface area contributed by atoms with E-state index >= 15 is 0 Å². The largest absolute Gasteiger partial charge is 0.379 e. The standard InChI is InChI=1S/C30H24FN3O2S/c31-23-12-14-24(15-13-23)32-25-18-33(19-25)30(35)22-10-16-26(17-11-22)37(36)34-20-28(21-6-2-1-3-7-21)27-8-4-5-9-29(27)34/h1-17,20,25,32H,18-19H2. The Labute approximate surface area is 216 Å². The molecule has 37 heavy (non-hydrogen) atoms. The summed E-state index contributed by atoms with van der Waals surface area (Å²) >= 11 is 0. The molecule has 2 heterocycles. The molecule has 1 amide bonds. The van der Waals surface area contributed by atoms with Gasteiger partial charge in [0.1, 0.15) is 5.82 Å². The normalized spacial score (nSPS) is 14.4. The highest BCUT2D eigenvalue weighted by Gasteiger charge is 2.31. The molecule has 1 atom stereocenters. The molecule has 0 spiro atoms. The third kappa shape index (κ3) is 4.54. The summed E-state index contributed by atoms with van der Waals surface area (Å²) in [5.41, 5.74) is 4.37. The first-order valence-electron chi connectivity index (χ1n) is 12.1. The predicted octanol–water partition coefficient (Wildman–Crippen LogP) is 5.95. The number of aromatic nitrogens is 1. The van der Waals surface area contributed by atoms with E-state index in [0.717, 1.165) is 27.7 Å². The maximum absolute atomic E-state index is 13.6. The van der Waals surface area contributed by atoms with Gasteiger partial charge >= 0.3 is 0 Å². The van der Waals surface area contributed by atoms with E-state index in [9.17, 15) is 13.4 Å². The predicted molar refractivity (Wildman–Crippen MR) is 145 cm³/mol. The zero-order chi connectivity index (χ0) is 25.4. The lowest BCUT2D eigenvalue weighted by molar-refractivity contribution is 0.0625. The van der Waals surface area contributed by atoms with Crippen LogP contribution in [0.4, 0.5) is 10.1 Å². The highest BCUT2D eigenvalue weighted by Crippen LogP contribution is 2.32. The van der Waals surface area contributed by atoms with E-state index in [2.05, 4.69) is 5.32 Å². The summed E-state index contributed by atoms with van der Waals surface area (Å²) < 4.78 is 28.4. The van der Waals surface area contributed by atoms with Gasteiger partial charge in [0.15, 0.2) is 11.0 Å². The minimum absolute atomic E-state index is 0.0627. The van der Waals surface area contributed by atoms with Crippen molar-refractivity contribution in [3.63, 3.8) is 0 Å². The average molecular weight is 510 g/mol. The second-order valence-corrected chi connectivity index (χ2v) is 10.4. The summed E-state index contributed by atoms with van der Waals surface area (Å²) in [7, 11) is -1.47. The molecule has 0 saturated carbocycles. The molecule has 1 N–H and O–H groups in total. The molecular weight excluding hydrogens is 485 g/mol. The van der Waals surface area contributed by atoms with Crippen LogP contribution in [0.15, 0.2) is 114 Å². The number of benzene rings is 4. The Balaban J connectivity index is 1.17. The lowest BCUT2D eigenvalue weighted by Gasteiger charge is -2.40. The number of hydrogen-bond acceptors (Lipinski definition) is 3. The zero-order valence-corrected chi connectivity index (χ0v) is 20.7. The van der Waals surface area contributed by atoms with Gasteiger partial charge in [-0.1, -0.05) is 48.5 Å². The topological polar surface area (TPSA) is 54.3 Å². The Hall–Kier alpha value is -4.23. The van der Waals surface area contributed by atoms with Gasteiger partial charge in [0.25, 0.3) is 5.91 Å². The number of nitrogens with one attached hydrogen (secondary N) is 1. The molecule has 6 rings (SSSR count). The Morgan fingerprint density at radius 2 is 1.51 bits per heavy atom. The highest BCUT2D eigenvalue weighted by atomic mass is 32.2. The number of likely N-dealkylation sites (tertiary alicyclic amines) is 1. The first kappa shape index (κ1) is 23.2. The lowest BCUT2D eigenvalue weighted by atomic mass is 10.1. The number of para-hydroxylation sites is 1. The number of hydrogen-bond donors (Lipinski definition) is 1. The zero-order valence-electron chi connectivity index (χ0n) is 19.9. The molecule has 5 aromatic rings. The van der Waals surface area contributed by atoms with E-state index in [1.54, 1.807) is 45.3 Å². The van der Waals surface area contributed by atoms with Gasteiger partial charge in [0.05, 0.1) is 16.5 Å². The number of amides is 1. The van der Waals surface area contributed by atoms with Crippen molar-refractivity contribution in [3.05, 3.63) is 121 Å². The van der Waals surface area contributed by atoms with Crippen LogP contribution < -0.4 is 5.32 Å². The molecule has 1 aliphatic heterocycles. The van der Waals surface area contributed by atoms with Crippen LogP contribution >= 0.6 is 0 Å². The highest BCUT2D eigenvalue weighted by molar-refractivity contribution is 7.83. The molecule has 5 nitrogen and oxygen atoms in total. The molecule has 1 saturated heterocycles. The number of anilines is 1. The van der Waals surface area contributed by atoms with Gasteiger partial charge < -0.3 is 10.2 Å². The number of fused-ring (bicyclic) bond motifs is 1. The van der Waals surface area contributed by atoms with E-state index < -0.39 is 11.0 Å². The smallest absolute Gasteiger partial charge is 0.253 e. The Kier molecular flexibility index (Phi) is 6.06. The molecule has 1 aromatic heterocycles. The Bertz CT molecular complexity index is 1590. The molecule has 7 heteroatoms. The first-order chi connectivity index (χ1) is 18.1. The molecule has 0 bridgehead atoms. The van der Waals surface area contributed by atoms with Crippen LogP contribution in [0.3, 0.4) is 0 Å². The number of nitrogens with zero attached hydrogens (tertiary/aromatic N) is 2. The fourth-order valence-corrected chi connectivity index (χ4v) is 5.80. The maximum atomic E-state index is 13.6. The molecule has 4 aromatic carbocycles. The van der Waals surface area contributed by atoms with Gasteiger partial charge in [-0.2, -0.15) is 0 Å². The maximum Gasteiger partial charge on any atom is 0.253 e. The summed E-state index contributed by atoms with van der Waals surface area (Å²) in [6, 6.07) is 31.3. The SMILES string of the molecule is O=C(c1ccc(S(=O)n2cc(-c3ccccc3)c3ccccc32)cc1)N1CC(Nc2ccc(F)cc2)C1. The van der Waals surface area contributed by atoms with Crippen LogP contribution in [0.5, 0.6) is 0 Å². The van der Waals surface area contributed by atoms with E-state index in [1.807, 2.05) is 60.8 Å². The van der Waals surface area contributed by atoms with E-state index in [0.29, 0.717) is 23.5 Å². The van der Waals surface area contributed by atoms with Gasteiger partial charge in [-0.25, -0.2) is 8.60 Å². The quantitative estimate of drug-likeness (QED) is 0.308. The lowest BCUT2D eigenvalue weighted by Crippen LogP contribution is -2.57. The molecule has 1 fully saturated rings. The summed E-state index contributed by atoms with van der Waals surface area (Å²) in [4.78, 5) is 15.3. The summed E-state index contributed by atoms with van der Waals surface area (Å²) in [6.45, 7) is 1.14. The van der Waals surface area contributed by atoms with Gasteiger partial charge in [-0.05, 0) is 60.2 Å². The number of carbonyl (C=O) groups is 1. The molecule has 1 unspecified atom stereocenters. The molecule has 0 aliphatic carbocycles. The van der Waals surface area contributed by atoms with E-state index in [4.69, 9.17) is 0 Å². The van der Waals surface area contributed by atoms with Crippen LogP contribution in [-0.2, 0) is 11.0 Å². The fraction of sp³-hybridized carbons (Fsp3) is 0.100. The van der Waals surface area contributed by atoms with Crippen LogP contribution in [0, 0.1) is 5.82 Å². The van der Waals surface area contributed by atoms with Gasteiger partial charge in [0, 0.05) is 41.5 Å². The van der Waals surface area contributed by atoms with Crippen molar-refractivity contribution in [1.82, 2.24) is 8.87 Å². The van der Waals surface area contributed by atoms with Crippen molar-refractivity contribution in [1.29, 1.82) is 0 Å². The fourth-order valence-electron chi connectivity index (χ4n) is 4.66. The third-order valence-corrected chi connectivity index (χ3v) is 7.96. The summed E-state index contributed by atoms with van der Waals surface area (Å²) in [5.74, 6) is -0.339. The van der Waals surface area contributed by atoms with Crippen molar-refractivity contribution >= 4 is 33.5 Å². The minimum Gasteiger partial charge on any atom is -0.379 e. The molecular formula is C30H24FN3O2S. The molecule has 184 valence electrons. The van der Waals surface area contributed by atoms with Crippen molar-refractivity contribution < 1.29 is 13.4 Å². The summed E-state index contributed by atoms with van der Waals surface area (Å²) in [6.07, 6.45) is 1.93. The van der Waals surface area contributed by atoms with Crippen molar-refractivity contribution in [2.75, 3.05) is 18.4 Å². The minimum atomic E-state index is -1.47. The van der Waals surface area contributed by atoms with Gasteiger partial charge in [-0.3, -0.25) is 8.77 Å². The monoisotopic (exact) mass is 509 g/mol. The molecule has 0 radical (unpaired) electrons. The van der Waals surface area contributed by atoms with Gasteiger partial charge in [0.2, 0.25) is 0 Å². The Morgan fingerprint density at radius 1 is 0.838 bits per heavy atom. The summed E-state index contributed by atoms with van der Waals surface area (Å²) in [5, 5.41) is 4.35. The third-order valence-electron chi connectivity index (χ3n) is 6.63. The van der Waals surface area contributed by atoms with Gasteiger partial charge in [-0.15, -0.1) is 0 Å². The Morgan fingerprint density at radius 3 is 2.24 bits per heavy atom. The van der Waals surface area contributed by atoms with E-state index in [-0.39, 0.29) is 17.8 Å². The van der Waals surface area contributed by atoms with Crippen molar-refractivity contribution in [3.8, 4) is 11.1 Å². The van der Waals surface area contributed by atoms with Crippen molar-refractivity contribution in [2.24, 2.45) is 0 Å². The van der Waals surface area contributed by atoms with E-state index in [1.165, 1.54) is 12.1 Å². The van der Waals surface area contributed by atoms with Crippen LogP contribution in [0.2, 0.25) is 0 Å².